The van der Waals surface area contributed by atoms with Crippen LogP contribution in [0, 0.1) is 13.8 Å². The van der Waals surface area contributed by atoms with Crippen LogP contribution in [0.25, 0.3) is 11.3 Å². The van der Waals surface area contributed by atoms with Gasteiger partial charge in [-0.05, 0) is 32.8 Å². The van der Waals surface area contributed by atoms with Gasteiger partial charge < -0.3 is 10.1 Å². The van der Waals surface area contributed by atoms with Gasteiger partial charge in [-0.1, -0.05) is 30.2 Å². The number of aliphatic hydroxyl groups is 1. The Kier molecular flexibility index (Phi) is 2.94. The van der Waals surface area contributed by atoms with Gasteiger partial charge in [0.2, 0.25) is 0 Å². The summed E-state index contributed by atoms with van der Waals surface area (Å²) in [6, 6.07) is 8.39. The summed E-state index contributed by atoms with van der Waals surface area (Å²) in [4.78, 5) is 8.16. The third-order valence-electron chi connectivity index (χ3n) is 4.29. The van der Waals surface area contributed by atoms with Crippen LogP contribution in [0.3, 0.4) is 0 Å². The third kappa shape index (κ3) is 1.98. The molecule has 0 amide bonds. The van der Waals surface area contributed by atoms with Crippen LogP contribution in [0.2, 0.25) is 0 Å². The van der Waals surface area contributed by atoms with Gasteiger partial charge in [-0.25, -0.2) is 4.98 Å². The Morgan fingerprint density at radius 1 is 1.32 bits per heavy atom. The van der Waals surface area contributed by atoms with E-state index in [0.29, 0.717) is 0 Å². The highest BCUT2D eigenvalue weighted by molar-refractivity contribution is 5.63. The molecule has 3 nitrogen and oxygen atoms in total. The quantitative estimate of drug-likeness (QED) is 0.886. The summed E-state index contributed by atoms with van der Waals surface area (Å²) < 4.78 is 0. The number of hydrogen-bond donors (Lipinski definition) is 2. The second kappa shape index (κ2) is 4.49. The molecular weight excluding hydrogens is 236 g/mol. The molecule has 3 heteroatoms. The van der Waals surface area contributed by atoms with Crippen LogP contribution in [0.5, 0.6) is 0 Å². The molecule has 0 aliphatic heterocycles. The minimum atomic E-state index is -0.118. The van der Waals surface area contributed by atoms with Crippen LogP contribution < -0.4 is 0 Å². The first-order valence-electron chi connectivity index (χ1n) is 6.90. The topological polar surface area (TPSA) is 48.9 Å². The van der Waals surface area contributed by atoms with Gasteiger partial charge in [0.15, 0.2) is 0 Å². The van der Waals surface area contributed by atoms with Crippen molar-refractivity contribution in [3.8, 4) is 11.3 Å². The van der Waals surface area contributed by atoms with Crippen LogP contribution in [0.15, 0.2) is 24.3 Å². The number of aryl methyl sites for hydroxylation is 2. The average molecular weight is 256 g/mol. The summed E-state index contributed by atoms with van der Waals surface area (Å²) in [7, 11) is 0. The van der Waals surface area contributed by atoms with Crippen LogP contribution >= 0.6 is 0 Å². The molecule has 0 unspecified atom stereocenters. The molecule has 1 heterocycles. The van der Waals surface area contributed by atoms with Crippen LogP contribution in [-0.2, 0) is 5.41 Å². The molecular formula is C16H20N2O. The van der Waals surface area contributed by atoms with Gasteiger partial charge in [0, 0.05) is 11.3 Å². The molecule has 1 aliphatic carbocycles. The Morgan fingerprint density at radius 2 is 2.11 bits per heavy atom. The SMILES string of the molecule is Cc1cccc(-c2nc(C3(CO)CCC3)[nH]c2C)c1. The van der Waals surface area contributed by atoms with E-state index in [1.54, 1.807) is 0 Å². The van der Waals surface area contributed by atoms with E-state index in [2.05, 4.69) is 43.1 Å². The molecule has 0 atom stereocenters. The normalized spacial score (nSPS) is 17.2. The highest BCUT2D eigenvalue weighted by Gasteiger charge is 2.41. The number of aliphatic hydroxyl groups excluding tert-OH is 1. The Bertz CT molecular complexity index is 591. The van der Waals surface area contributed by atoms with Crippen LogP contribution in [0.1, 0.15) is 36.3 Å². The fourth-order valence-corrected chi connectivity index (χ4v) is 2.86. The predicted molar refractivity (Wildman–Crippen MR) is 76.1 cm³/mol. The molecule has 1 aromatic carbocycles. The van der Waals surface area contributed by atoms with Crippen molar-refractivity contribution in [3.63, 3.8) is 0 Å². The largest absolute Gasteiger partial charge is 0.395 e. The maximum atomic E-state index is 9.64. The van der Waals surface area contributed by atoms with Crippen molar-refractivity contribution in [1.29, 1.82) is 0 Å². The Hall–Kier alpha value is -1.61. The molecule has 2 N–H and O–H groups in total. The summed E-state index contributed by atoms with van der Waals surface area (Å²) >= 11 is 0. The minimum absolute atomic E-state index is 0.118. The molecule has 1 aliphatic rings. The number of nitrogens with one attached hydrogen (secondary N) is 1. The zero-order chi connectivity index (χ0) is 13.5. The van der Waals surface area contributed by atoms with E-state index < -0.39 is 0 Å². The van der Waals surface area contributed by atoms with E-state index in [1.807, 2.05) is 0 Å². The van der Waals surface area contributed by atoms with Crippen molar-refractivity contribution in [2.24, 2.45) is 0 Å². The average Bonchev–Trinajstić information content (AvgIpc) is 2.71. The van der Waals surface area contributed by atoms with E-state index in [-0.39, 0.29) is 12.0 Å². The molecule has 1 fully saturated rings. The molecule has 2 aromatic rings. The maximum absolute atomic E-state index is 9.64. The number of H-pyrrole nitrogens is 1. The van der Waals surface area contributed by atoms with Gasteiger partial charge in [-0.2, -0.15) is 0 Å². The molecule has 0 bridgehead atoms. The molecule has 1 aromatic heterocycles. The number of imidazole rings is 1. The highest BCUT2D eigenvalue weighted by Crippen LogP contribution is 2.42. The number of aromatic amines is 1. The Morgan fingerprint density at radius 3 is 2.68 bits per heavy atom. The number of benzene rings is 1. The lowest BCUT2D eigenvalue weighted by molar-refractivity contribution is 0.113. The summed E-state index contributed by atoms with van der Waals surface area (Å²) in [6.07, 6.45) is 3.24. The zero-order valence-electron chi connectivity index (χ0n) is 11.5. The molecule has 100 valence electrons. The van der Waals surface area contributed by atoms with Crippen molar-refractivity contribution < 1.29 is 5.11 Å². The second-order valence-electron chi connectivity index (χ2n) is 5.72. The van der Waals surface area contributed by atoms with Crippen molar-refractivity contribution in [1.82, 2.24) is 9.97 Å². The van der Waals surface area contributed by atoms with Crippen molar-refractivity contribution in [2.75, 3.05) is 6.61 Å². The van der Waals surface area contributed by atoms with Crippen molar-refractivity contribution in [2.45, 2.75) is 38.5 Å². The van der Waals surface area contributed by atoms with E-state index in [1.165, 1.54) is 12.0 Å². The van der Waals surface area contributed by atoms with E-state index in [4.69, 9.17) is 4.98 Å². The lowest BCUT2D eigenvalue weighted by Gasteiger charge is -2.38. The highest BCUT2D eigenvalue weighted by atomic mass is 16.3. The summed E-state index contributed by atoms with van der Waals surface area (Å²) in [5.74, 6) is 0.954. The van der Waals surface area contributed by atoms with Gasteiger partial charge >= 0.3 is 0 Å². The first kappa shape index (κ1) is 12.4. The van der Waals surface area contributed by atoms with Gasteiger partial charge in [-0.15, -0.1) is 0 Å². The van der Waals surface area contributed by atoms with E-state index in [9.17, 15) is 5.11 Å². The molecule has 0 spiro atoms. The molecule has 0 saturated heterocycles. The summed E-state index contributed by atoms with van der Waals surface area (Å²) in [6.45, 7) is 4.33. The number of aromatic nitrogens is 2. The Balaban J connectivity index is 2.02. The first-order chi connectivity index (χ1) is 9.14. The summed E-state index contributed by atoms with van der Waals surface area (Å²) in [5.41, 5.74) is 4.36. The second-order valence-corrected chi connectivity index (χ2v) is 5.72. The predicted octanol–water partition coefficient (Wildman–Crippen LogP) is 3.11. The first-order valence-corrected chi connectivity index (χ1v) is 6.90. The van der Waals surface area contributed by atoms with Crippen LogP contribution in [0.4, 0.5) is 0 Å². The summed E-state index contributed by atoms with van der Waals surface area (Å²) in [5, 5.41) is 9.64. The molecule has 0 radical (unpaired) electrons. The Labute approximate surface area is 113 Å². The smallest absolute Gasteiger partial charge is 0.115 e. The fraction of sp³-hybridized carbons (Fsp3) is 0.438. The van der Waals surface area contributed by atoms with Gasteiger partial charge in [0.05, 0.1) is 17.7 Å². The van der Waals surface area contributed by atoms with E-state index in [0.717, 1.165) is 35.6 Å². The standard InChI is InChI=1S/C16H20N2O/c1-11-5-3-6-13(9-11)14-12(2)17-15(18-14)16(10-19)7-4-8-16/h3,5-6,9,19H,4,7-8,10H2,1-2H3,(H,17,18). The fourth-order valence-electron chi connectivity index (χ4n) is 2.86. The van der Waals surface area contributed by atoms with Gasteiger partial charge in [-0.3, -0.25) is 0 Å². The minimum Gasteiger partial charge on any atom is -0.395 e. The number of nitrogens with zero attached hydrogens (tertiary/aromatic N) is 1. The number of rotatable bonds is 3. The van der Waals surface area contributed by atoms with E-state index >= 15 is 0 Å². The van der Waals surface area contributed by atoms with Gasteiger partial charge in [0.1, 0.15) is 5.82 Å². The lowest BCUT2D eigenvalue weighted by atomic mass is 9.69. The third-order valence-corrected chi connectivity index (χ3v) is 4.29. The van der Waals surface area contributed by atoms with Crippen molar-refractivity contribution in [3.05, 3.63) is 41.3 Å². The molecule has 19 heavy (non-hydrogen) atoms. The van der Waals surface area contributed by atoms with Gasteiger partial charge in [0.25, 0.3) is 0 Å². The number of hydrogen-bond acceptors (Lipinski definition) is 2. The monoisotopic (exact) mass is 256 g/mol. The molecule has 1 saturated carbocycles. The van der Waals surface area contributed by atoms with Crippen molar-refractivity contribution >= 4 is 0 Å². The molecule has 3 rings (SSSR count). The zero-order valence-corrected chi connectivity index (χ0v) is 11.5. The van der Waals surface area contributed by atoms with Crippen LogP contribution in [-0.4, -0.2) is 21.7 Å². The maximum Gasteiger partial charge on any atom is 0.115 e. The lowest BCUT2D eigenvalue weighted by Crippen LogP contribution is -2.39.